The van der Waals surface area contributed by atoms with Gasteiger partial charge in [-0.3, -0.25) is 9.59 Å². The second kappa shape index (κ2) is 12.3. The van der Waals surface area contributed by atoms with Crippen LogP contribution in [0.3, 0.4) is 0 Å². The number of hydrogen-bond donors (Lipinski definition) is 3. The first kappa shape index (κ1) is 22.9. The number of aryl methyl sites for hydroxylation is 1. The van der Waals surface area contributed by atoms with E-state index in [2.05, 4.69) is 15.6 Å². The van der Waals surface area contributed by atoms with Crippen molar-refractivity contribution in [1.29, 1.82) is 0 Å². The van der Waals surface area contributed by atoms with Gasteiger partial charge in [0.2, 0.25) is 5.91 Å². The van der Waals surface area contributed by atoms with E-state index in [9.17, 15) is 9.59 Å². The second-order valence-electron chi connectivity index (χ2n) is 5.08. The van der Waals surface area contributed by atoms with Gasteiger partial charge >= 0.3 is 0 Å². The number of aromatic nitrogens is 2. The summed E-state index contributed by atoms with van der Waals surface area (Å²) in [6.45, 7) is 1.63. The third-order valence-corrected chi connectivity index (χ3v) is 3.23. The van der Waals surface area contributed by atoms with Crippen molar-refractivity contribution in [3.8, 4) is 0 Å². The Morgan fingerprint density at radius 3 is 2.72 bits per heavy atom. The summed E-state index contributed by atoms with van der Waals surface area (Å²) < 4.78 is 1.83. The summed E-state index contributed by atoms with van der Waals surface area (Å²) in [7, 11) is 0. The van der Waals surface area contributed by atoms with Crippen LogP contribution in [-0.2, 0) is 11.3 Å². The van der Waals surface area contributed by atoms with Crippen LogP contribution in [0.2, 0.25) is 0 Å². The summed E-state index contributed by atoms with van der Waals surface area (Å²) in [5, 5.41) is 5.58. The van der Waals surface area contributed by atoms with Gasteiger partial charge < -0.3 is 20.9 Å². The molecule has 1 aromatic heterocycles. The lowest BCUT2D eigenvalue weighted by atomic mass is 10.2. The number of benzene rings is 1. The lowest BCUT2D eigenvalue weighted by Gasteiger charge is -2.08. The third-order valence-electron chi connectivity index (χ3n) is 3.23. The average Bonchev–Trinajstić information content (AvgIpc) is 3.07. The Balaban J connectivity index is 0.00000288. The first-order valence-electron chi connectivity index (χ1n) is 7.53. The van der Waals surface area contributed by atoms with Gasteiger partial charge in [-0.25, -0.2) is 4.98 Å². The monoisotopic (exact) mass is 387 g/mol. The van der Waals surface area contributed by atoms with Crippen molar-refractivity contribution in [2.24, 2.45) is 5.73 Å². The van der Waals surface area contributed by atoms with E-state index in [-0.39, 0.29) is 36.6 Å². The molecule has 2 rings (SSSR count). The number of imidazole rings is 1. The minimum absolute atomic E-state index is 0. The van der Waals surface area contributed by atoms with Crippen molar-refractivity contribution in [2.45, 2.75) is 19.4 Å². The molecule has 1 aromatic carbocycles. The van der Waals surface area contributed by atoms with Crippen molar-refractivity contribution in [1.82, 2.24) is 14.9 Å². The molecule has 0 unspecified atom stereocenters. The van der Waals surface area contributed by atoms with Gasteiger partial charge in [0.05, 0.1) is 6.33 Å². The highest BCUT2D eigenvalue weighted by Gasteiger charge is 2.07. The smallest absolute Gasteiger partial charge is 0.251 e. The Morgan fingerprint density at radius 1 is 1.24 bits per heavy atom. The minimum Gasteiger partial charge on any atom is -0.352 e. The predicted molar refractivity (Wildman–Crippen MR) is 102 cm³/mol. The number of carbonyl (C=O) groups is 2. The van der Waals surface area contributed by atoms with E-state index >= 15 is 0 Å². The Morgan fingerprint density at radius 2 is 2.04 bits per heavy atom. The first-order valence-corrected chi connectivity index (χ1v) is 7.53. The molecule has 4 N–H and O–H groups in total. The molecular formula is C16H23Cl2N5O2. The molecule has 2 aromatic rings. The van der Waals surface area contributed by atoms with Crippen LogP contribution >= 0.6 is 24.8 Å². The Hall–Kier alpha value is -2.09. The van der Waals surface area contributed by atoms with Crippen LogP contribution in [0, 0.1) is 0 Å². The number of nitrogens with zero attached hydrogens (tertiary/aromatic N) is 2. The maximum Gasteiger partial charge on any atom is 0.251 e. The zero-order valence-corrected chi connectivity index (χ0v) is 15.3. The molecule has 0 radical (unpaired) electrons. The van der Waals surface area contributed by atoms with Crippen LogP contribution in [-0.4, -0.2) is 34.5 Å². The fourth-order valence-electron chi connectivity index (χ4n) is 2.02. The van der Waals surface area contributed by atoms with Crippen LogP contribution in [0.1, 0.15) is 23.2 Å². The molecule has 0 aliphatic heterocycles. The lowest BCUT2D eigenvalue weighted by molar-refractivity contribution is -0.116. The lowest BCUT2D eigenvalue weighted by Crippen LogP contribution is -2.26. The van der Waals surface area contributed by atoms with Gasteiger partial charge in [0, 0.05) is 43.2 Å². The van der Waals surface area contributed by atoms with Crippen molar-refractivity contribution in [3.05, 3.63) is 48.5 Å². The Bertz CT molecular complexity index is 650. The molecule has 0 bridgehead atoms. The number of anilines is 1. The van der Waals surface area contributed by atoms with E-state index in [4.69, 9.17) is 5.73 Å². The predicted octanol–water partition coefficient (Wildman–Crippen LogP) is 1.83. The van der Waals surface area contributed by atoms with Crippen molar-refractivity contribution in [3.63, 3.8) is 0 Å². The molecule has 9 heteroatoms. The molecule has 0 saturated heterocycles. The van der Waals surface area contributed by atoms with Crippen LogP contribution in [0.15, 0.2) is 43.0 Å². The topological polar surface area (TPSA) is 102 Å². The molecular weight excluding hydrogens is 365 g/mol. The molecule has 0 saturated carbocycles. The highest BCUT2D eigenvalue weighted by molar-refractivity contribution is 5.97. The quantitative estimate of drug-likeness (QED) is 0.601. The van der Waals surface area contributed by atoms with Crippen LogP contribution in [0.5, 0.6) is 0 Å². The molecule has 138 valence electrons. The fourth-order valence-corrected chi connectivity index (χ4v) is 2.02. The number of nitrogens with one attached hydrogen (secondary N) is 2. The van der Waals surface area contributed by atoms with Gasteiger partial charge in [0.1, 0.15) is 0 Å². The summed E-state index contributed by atoms with van der Waals surface area (Å²) in [6.07, 6.45) is 6.21. The molecule has 7 nitrogen and oxygen atoms in total. The van der Waals surface area contributed by atoms with Gasteiger partial charge in [-0.1, -0.05) is 6.07 Å². The Kier molecular flexibility index (Phi) is 11.3. The maximum atomic E-state index is 12.0. The average molecular weight is 388 g/mol. The number of rotatable bonds is 8. The zero-order valence-electron chi connectivity index (χ0n) is 13.7. The number of nitrogens with two attached hydrogens (primary N) is 1. The van der Waals surface area contributed by atoms with Gasteiger partial charge in [-0.05, 0) is 31.2 Å². The SMILES string of the molecule is Cl.Cl.NCCCNC(=O)c1cccc(NC(=O)CCn2ccnc2)c1. The molecule has 0 spiro atoms. The van der Waals surface area contributed by atoms with Crippen molar-refractivity contribution >= 4 is 42.3 Å². The summed E-state index contributed by atoms with van der Waals surface area (Å²) in [5.41, 5.74) is 6.50. The molecule has 25 heavy (non-hydrogen) atoms. The van der Waals surface area contributed by atoms with E-state index in [1.54, 1.807) is 43.0 Å². The highest BCUT2D eigenvalue weighted by atomic mass is 35.5. The zero-order chi connectivity index (χ0) is 16.5. The molecule has 0 aliphatic carbocycles. The summed E-state index contributed by atoms with van der Waals surface area (Å²) in [6, 6.07) is 6.86. The molecule has 0 atom stereocenters. The molecule has 2 amide bonds. The largest absolute Gasteiger partial charge is 0.352 e. The molecule has 0 fully saturated rings. The van der Waals surface area contributed by atoms with Gasteiger partial charge in [0.25, 0.3) is 5.91 Å². The summed E-state index contributed by atoms with van der Waals surface area (Å²) >= 11 is 0. The van der Waals surface area contributed by atoms with Gasteiger partial charge in [-0.2, -0.15) is 0 Å². The standard InChI is InChI=1S/C16H21N5O2.2ClH/c17-6-2-7-19-16(23)13-3-1-4-14(11-13)20-15(22)5-9-21-10-8-18-12-21;;/h1,3-4,8,10-12H,2,5-7,9,17H2,(H,19,23)(H,20,22);2*1H. The number of halogens is 2. The van der Waals surface area contributed by atoms with Crippen LogP contribution < -0.4 is 16.4 Å². The number of amides is 2. The Labute approximate surface area is 159 Å². The second-order valence-corrected chi connectivity index (χ2v) is 5.08. The third kappa shape index (κ3) is 8.02. The number of carbonyl (C=O) groups excluding carboxylic acids is 2. The van der Waals surface area contributed by atoms with Gasteiger partial charge in [0.15, 0.2) is 0 Å². The maximum absolute atomic E-state index is 12.0. The highest BCUT2D eigenvalue weighted by Crippen LogP contribution is 2.11. The van der Waals surface area contributed by atoms with E-state index < -0.39 is 0 Å². The van der Waals surface area contributed by atoms with Crippen molar-refractivity contribution < 1.29 is 9.59 Å². The van der Waals surface area contributed by atoms with Crippen molar-refractivity contribution in [2.75, 3.05) is 18.4 Å². The molecule has 1 heterocycles. The van der Waals surface area contributed by atoms with Crippen LogP contribution in [0.25, 0.3) is 0 Å². The van der Waals surface area contributed by atoms with Gasteiger partial charge in [-0.15, -0.1) is 24.8 Å². The first-order chi connectivity index (χ1) is 11.2. The van der Waals surface area contributed by atoms with E-state index in [1.165, 1.54) is 0 Å². The minimum atomic E-state index is -0.173. The summed E-state index contributed by atoms with van der Waals surface area (Å²) in [5.74, 6) is -0.285. The fraction of sp³-hybridized carbons (Fsp3) is 0.312. The number of hydrogen-bond acceptors (Lipinski definition) is 4. The summed E-state index contributed by atoms with van der Waals surface area (Å²) in [4.78, 5) is 27.8. The van der Waals surface area contributed by atoms with Crippen LogP contribution in [0.4, 0.5) is 5.69 Å². The normalized spacial score (nSPS) is 9.48. The van der Waals surface area contributed by atoms with E-state index in [0.29, 0.717) is 37.3 Å². The molecule has 0 aliphatic rings. The van der Waals surface area contributed by atoms with E-state index in [1.807, 2.05) is 4.57 Å². The van der Waals surface area contributed by atoms with E-state index in [0.717, 1.165) is 6.42 Å².